The van der Waals surface area contributed by atoms with Crippen LogP contribution in [0.1, 0.15) is 58.6 Å². The first-order chi connectivity index (χ1) is 11.7. The number of hydrogen-bond acceptors (Lipinski definition) is 5. The number of H-pyrrole nitrogens is 1. The van der Waals surface area contributed by atoms with Crippen LogP contribution in [0.25, 0.3) is 0 Å². The van der Waals surface area contributed by atoms with Crippen molar-refractivity contribution in [3.8, 4) is 0 Å². The molecule has 4 rings (SSSR count). The number of nitrogens with zero attached hydrogens (tertiary/aromatic N) is 4. The van der Waals surface area contributed by atoms with Crippen LogP contribution in [0.3, 0.4) is 0 Å². The molecule has 1 fully saturated rings. The van der Waals surface area contributed by atoms with E-state index in [0.29, 0.717) is 5.69 Å². The minimum Gasteiger partial charge on any atom is -0.373 e. The highest BCUT2D eigenvalue weighted by molar-refractivity contribution is 5.94. The fourth-order valence-corrected chi connectivity index (χ4v) is 3.84. The summed E-state index contributed by atoms with van der Waals surface area (Å²) in [6, 6.07) is 1.94. The molecule has 0 aromatic carbocycles. The Morgan fingerprint density at radius 1 is 1.33 bits per heavy atom. The molecule has 1 amide bonds. The van der Waals surface area contributed by atoms with Crippen LogP contribution in [0.15, 0.2) is 6.07 Å². The molecule has 2 aliphatic rings. The van der Waals surface area contributed by atoms with Crippen LogP contribution in [0.2, 0.25) is 0 Å². The Morgan fingerprint density at radius 3 is 3.04 bits per heavy atom. The quantitative estimate of drug-likeness (QED) is 0.901. The zero-order valence-corrected chi connectivity index (χ0v) is 14.1. The van der Waals surface area contributed by atoms with Gasteiger partial charge in [0.15, 0.2) is 5.69 Å². The third kappa shape index (κ3) is 2.44. The molecule has 2 aromatic heterocycles. The number of aromatic nitrogens is 4. The highest BCUT2D eigenvalue weighted by Gasteiger charge is 2.35. The average molecular weight is 326 g/mol. The molecule has 2 N–H and O–H groups in total. The Kier molecular flexibility index (Phi) is 3.70. The molecule has 1 aliphatic heterocycles. The van der Waals surface area contributed by atoms with Crippen LogP contribution in [0.5, 0.6) is 0 Å². The molecule has 0 unspecified atom stereocenters. The van der Waals surface area contributed by atoms with Crippen LogP contribution in [0.4, 0.5) is 5.82 Å². The lowest BCUT2D eigenvalue weighted by molar-refractivity contribution is 0.0725. The predicted molar refractivity (Wildman–Crippen MR) is 89.9 cm³/mol. The Balaban J connectivity index is 1.65. The molecule has 7 heteroatoms. The molecule has 3 heterocycles. The zero-order chi connectivity index (χ0) is 16.7. The standard InChI is InChI=1S/C17H22N6O/c1-10-19-13(9-15(18-2)20-10)14-7-4-8-23(14)17(24)16-11-5-3-6-12(11)21-22-16/h9,14H,3-8H2,1-2H3,(H,21,22)(H,18,19,20)/t14-/m1/s1. The van der Waals surface area contributed by atoms with Gasteiger partial charge in [-0.2, -0.15) is 5.10 Å². The minimum atomic E-state index is 0.0000491. The fourth-order valence-electron chi connectivity index (χ4n) is 3.84. The van der Waals surface area contributed by atoms with Crippen molar-refractivity contribution in [2.75, 3.05) is 18.9 Å². The number of fused-ring (bicyclic) bond motifs is 1. The van der Waals surface area contributed by atoms with Crippen molar-refractivity contribution in [2.45, 2.75) is 45.1 Å². The van der Waals surface area contributed by atoms with Gasteiger partial charge in [0.25, 0.3) is 5.91 Å². The number of aryl methyl sites for hydroxylation is 2. The van der Waals surface area contributed by atoms with E-state index < -0.39 is 0 Å². The molecule has 7 nitrogen and oxygen atoms in total. The summed E-state index contributed by atoms with van der Waals surface area (Å²) in [4.78, 5) is 23.9. The van der Waals surface area contributed by atoms with E-state index in [1.165, 1.54) is 0 Å². The molecule has 1 saturated heterocycles. The highest BCUT2D eigenvalue weighted by atomic mass is 16.2. The second-order valence-corrected chi connectivity index (χ2v) is 6.51. The van der Waals surface area contributed by atoms with E-state index in [4.69, 9.17) is 0 Å². The Morgan fingerprint density at radius 2 is 2.21 bits per heavy atom. The predicted octanol–water partition coefficient (Wildman–Crippen LogP) is 2.02. The molecule has 2 aromatic rings. The minimum absolute atomic E-state index is 0.0000491. The van der Waals surface area contributed by atoms with E-state index >= 15 is 0 Å². The fraction of sp³-hybridized carbons (Fsp3) is 0.529. The Bertz CT molecular complexity index is 783. The summed E-state index contributed by atoms with van der Waals surface area (Å²) in [5.41, 5.74) is 3.75. The molecule has 24 heavy (non-hydrogen) atoms. The molecule has 0 saturated carbocycles. The number of carbonyl (C=O) groups is 1. The number of aromatic amines is 1. The number of rotatable bonds is 3. The SMILES string of the molecule is CNc1cc([C@H]2CCCN2C(=O)c2n[nH]c3c2CCC3)nc(C)n1. The van der Waals surface area contributed by atoms with Gasteiger partial charge in [-0.1, -0.05) is 0 Å². The Hall–Kier alpha value is -2.44. The van der Waals surface area contributed by atoms with Crippen molar-refractivity contribution < 1.29 is 4.79 Å². The monoisotopic (exact) mass is 326 g/mol. The first-order valence-corrected chi connectivity index (χ1v) is 8.58. The number of likely N-dealkylation sites (tertiary alicyclic amines) is 1. The van der Waals surface area contributed by atoms with E-state index in [1.54, 1.807) is 0 Å². The van der Waals surface area contributed by atoms with E-state index in [2.05, 4.69) is 25.5 Å². The molecule has 1 atom stereocenters. The lowest BCUT2D eigenvalue weighted by Gasteiger charge is -2.24. The first-order valence-electron chi connectivity index (χ1n) is 8.58. The lowest BCUT2D eigenvalue weighted by atomic mass is 10.1. The van der Waals surface area contributed by atoms with Crippen molar-refractivity contribution in [1.29, 1.82) is 0 Å². The summed E-state index contributed by atoms with van der Waals surface area (Å²) in [5.74, 6) is 1.54. The van der Waals surface area contributed by atoms with Crippen LogP contribution in [-0.4, -0.2) is 44.6 Å². The number of hydrogen-bond donors (Lipinski definition) is 2. The topological polar surface area (TPSA) is 86.8 Å². The second-order valence-electron chi connectivity index (χ2n) is 6.51. The summed E-state index contributed by atoms with van der Waals surface area (Å²) in [5, 5.41) is 10.4. The molecule has 0 radical (unpaired) electrons. The molecule has 0 bridgehead atoms. The Labute approximate surface area is 140 Å². The lowest BCUT2D eigenvalue weighted by Crippen LogP contribution is -2.32. The van der Waals surface area contributed by atoms with Gasteiger partial charge in [-0.15, -0.1) is 0 Å². The van der Waals surface area contributed by atoms with Crippen LogP contribution in [0, 0.1) is 6.92 Å². The number of amides is 1. The molecular weight excluding hydrogens is 304 g/mol. The number of nitrogens with one attached hydrogen (secondary N) is 2. The van der Waals surface area contributed by atoms with Gasteiger partial charge in [0.1, 0.15) is 11.6 Å². The summed E-state index contributed by atoms with van der Waals surface area (Å²) in [6.45, 7) is 2.63. The largest absolute Gasteiger partial charge is 0.373 e. The first kappa shape index (κ1) is 15.1. The van der Waals surface area contributed by atoms with Gasteiger partial charge in [-0.05, 0) is 39.0 Å². The van der Waals surface area contributed by atoms with Crippen molar-refractivity contribution in [1.82, 2.24) is 25.1 Å². The van der Waals surface area contributed by atoms with Crippen molar-refractivity contribution in [3.63, 3.8) is 0 Å². The number of carbonyl (C=O) groups excluding carboxylic acids is 1. The van der Waals surface area contributed by atoms with Crippen molar-refractivity contribution in [3.05, 3.63) is 34.5 Å². The van der Waals surface area contributed by atoms with Crippen molar-refractivity contribution >= 4 is 11.7 Å². The summed E-state index contributed by atoms with van der Waals surface area (Å²) < 4.78 is 0. The van der Waals surface area contributed by atoms with Gasteiger partial charge in [0, 0.05) is 30.9 Å². The van der Waals surface area contributed by atoms with Crippen molar-refractivity contribution in [2.24, 2.45) is 0 Å². The summed E-state index contributed by atoms with van der Waals surface area (Å²) in [7, 11) is 1.84. The summed E-state index contributed by atoms with van der Waals surface area (Å²) in [6.07, 6.45) is 4.96. The number of anilines is 1. The second kappa shape index (κ2) is 5.89. The van der Waals surface area contributed by atoms with Gasteiger partial charge < -0.3 is 10.2 Å². The smallest absolute Gasteiger partial charge is 0.275 e. The molecule has 0 spiro atoms. The van der Waals surface area contributed by atoms with E-state index in [0.717, 1.165) is 67.2 Å². The average Bonchev–Trinajstić information content (AvgIpc) is 3.29. The maximum atomic E-state index is 13.1. The van der Waals surface area contributed by atoms with E-state index in [1.807, 2.05) is 24.9 Å². The molecule has 126 valence electrons. The van der Waals surface area contributed by atoms with Crippen LogP contribution < -0.4 is 5.32 Å². The van der Waals surface area contributed by atoms with Crippen LogP contribution >= 0.6 is 0 Å². The molecular formula is C17H22N6O. The third-order valence-electron chi connectivity index (χ3n) is 4.98. The maximum absolute atomic E-state index is 13.1. The normalized spacial score (nSPS) is 19.6. The van der Waals surface area contributed by atoms with Gasteiger partial charge >= 0.3 is 0 Å². The van der Waals surface area contributed by atoms with Gasteiger partial charge in [-0.3, -0.25) is 9.89 Å². The summed E-state index contributed by atoms with van der Waals surface area (Å²) >= 11 is 0. The highest BCUT2D eigenvalue weighted by Crippen LogP contribution is 2.34. The van der Waals surface area contributed by atoms with Gasteiger partial charge in [0.05, 0.1) is 11.7 Å². The van der Waals surface area contributed by atoms with Gasteiger partial charge in [-0.25, -0.2) is 9.97 Å². The molecule has 1 aliphatic carbocycles. The van der Waals surface area contributed by atoms with Gasteiger partial charge in [0.2, 0.25) is 0 Å². The zero-order valence-electron chi connectivity index (χ0n) is 14.1. The van der Waals surface area contributed by atoms with E-state index in [-0.39, 0.29) is 11.9 Å². The third-order valence-corrected chi connectivity index (χ3v) is 4.98. The van der Waals surface area contributed by atoms with E-state index in [9.17, 15) is 4.79 Å². The van der Waals surface area contributed by atoms with Crippen LogP contribution in [-0.2, 0) is 12.8 Å². The maximum Gasteiger partial charge on any atom is 0.275 e.